The van der Waals surface area contributed by atoms with Gasteiger partial charge in [0.05, 0.1) is 6.61 Å². The van der Waals surface area contributed by atoms with Gasteiger partial charge in [0, 0.05) is 43.7 Å². The zero-order valence-electron chi connectivity index (χ0n) is 20.0. The molecule has 4 rings (SSSR count). The first-order valence-corrected chi connectivity index (χ1v) is 11.9. The smallest absolute Gasteiger partial charge is 0.226 e. The van der Waals surface area contributed by atoms with Gasteiger partial charge in [0.25, 0.3) is 0 Å². The number of hydrogen-bond donors (Lipinski definition) is 1. The average molecular weight is 500 g/mol. The first kappa shape index (κ1) is 25.3. The van der Waals surface area contributed by atoms with E-state index in [1.54, 1.807) is 18.2 Å². The third kappa shape index (κ3) is 5.72. The van der Waals surface area contributed by atoms with Crippen molar-refractivity contribution in [1.82, 2.24) is 9.63 Å². The van der Waals surface area contributed by atoms with E-state index in [-0.39, 0.29) is 30.5 Å². The van der Waals surface area contributed by atoms with Crippen LogP contribution in [0.4, 0.5) is 13.2 Å². The first-order chi connectivity index (χ1) is 17.4. The van der Waals surface area contributed by atoms with Crippen molar-refractivity contribution in [3.63, 3.8) is 0 Å². The molecule has 2 aromatic carbocycles. The first-order valence-electron chi connectivity index (χ1n) is 11.9. The van der Waals surface area contributed by atoms with E-state index in [0.717, 1.165) is 21.9 Å². The van der Waals surface area contributed by atoms with Crippen LogP contribution in [0.1, 0.15) is 36.5 Å². The Hall–Kier alpha value is -3.75. The van der Waals surface area contributed by atoms with Gasteiger partial charge in [0.15, 0.2) is 22.9 Å². The molecule has 0 radical (unpaired) electrons. The maximum Gasteiger partial charge on any atom is 0.226 e. The second-order valence-corrected chi connectivity index (χ2v) is 8.76. The Morgan fingerprint density at radius 2 is 1.92 bits per heavy atom. The van der Waals surface area contributed by atoms with Crippen LogP contribution in [0.3, 0.4) is 0 Å². The Morgan fingerprint density at radius 1 is 1.08 bits per heavy atom. The molecule has 1 aliphatic heterocycles. The van der Waals surface area contributed by atoms with Crippen LogP contribution in [0.5, 0.6) is 5.75 Å². The minimum absolute atomic E-state index is 0.0701. The molecule has 3 aromatic rings. The maximum absolute atomic E-state index is 14.3. The number of hydrogen-bond acceptors (Lipinski definition) is 4. The number of nitrogens with zero attached hydrogens (tertiary/aromatic N) is 3. The predicted octanol–water partition coefficient (Wildman–Crippen LogP) is 4.62. The van der Waals surface area contributed by atoms with E-state index < -0.39 is 17.5 Å². The van der Waals surface area contributed by atoms with Gasteiger partial charge in [-0.3, -0.25) is 9.79 Å². The molecule has 0 saturated heterocycles. The highest BCUT2D eigenvalue weighted by atomic mass is 19.2. The molecule has 1 aliphatic rings. The van der Waals surface area contributed by atoms with Crippen molar-refractivity contribution in [2.75, 3.05) is 13.2 Å². The lowest BCUT2D eigenvalue weighted by Crippen LogP contribution is -2.34. The molecule has 9 heteroatoms. The quantitative estimate of drug-likeness (QED) is 0.279. The number of ether oxygens (including phenoxy) is 1. The fourth-order valence-electron chi connectivity index (χ4n) is 4.28. The summed E-state index contributed by atoms with van der Waals surface area (Å²) in [5.41, 5.74) is 2.26. The summed E-state index contributed by atoms with van der Waals surface area (Å²) < 4.78 is 48.3. The van der Waals surface area contributed by atoms with Crippen LogP contribution in [0, 0.1) is 23.4 Å². The number of aromatic nitrogens is 1. The highest BCUT2D eigenvalue weighted by Crippen LogP contribution is 2.29. The zero-order chi connectivity index (χ0) is 25.7. The van der Waals surface area contributed by atoms with Crippen LogP contribution in [0.15, 0.2) is 59.7 Å². The summed E-state index contributed by atoms with van der Waals surface area (Å²) in [5.74, 6) is -3.88. The van der Waals surface area contributed by atoms with E-state index in [2.05, 4.69) is 4.99 Å². The molecular formula is C27H28F3N3O3. The Kier molecular flexibility index (Phi) is 7.97. The summed E-state index contributed by atoms with van der Waals surface area (Å²) in [6, 6.07) is 12.9. The van der Waals surface area contributed by atoms with Crippen molar-refractivity contribution < 1.29 is 27.9 Å². The van der Waals surface area contributed by atoms with Crippen molar-refractivity contribution >= 4 is 5.91 Å². The SMILES string of the molecule is CCC1Cc2ccc(OCCCN=c3ccccn3O)cc2CN(Cc2ccc(F)c(F)c2F)C1=O. The summed E-state index contributed by atoms with van der Waals surface area (Å²) in [6.07, 6.45) is 3.28. The van der Waals surface area contributed by atoms with Crippen LogP contribution in [-0.2, 0) is 24.3 Å². The molecule has 1 N–H and O–H groups in total. The topological polar surface area (TPSA) is 67.1 Å². The van der Waals surface area contributed by atoms with Crippen LogP contribution in [0.25, 0.3) is 0 Å². The molecule has 36 heavy (non-hydrogen) atoms. The van der Waals surface area contributed by atoms with E-state index in [1.165, 1.54) is 17.2 Å². The van der Waals surface area contributed by atoms with Crippen molar-refractivity contribution in [3.05, 3.63) is 94.4 Å². The normalized spacial score (nSPS) is 16.1. The number of carbonyl (C=O) groups excluding carboxylic acids is 1. The Labute approximate surface area is 207 Å². The summed E-state index contributed by atoms with van der Waals surface area (Å²) in [4.78, 5) is 19.0. The number of pyridine rings is 1. The summed E-state index contributed by atoms with van der Waals surface area (Å²) in [7, 11) is 0. The van der Waals surface area contributed by atoms with E-state index >= 15 is 0 Å². The third-order valence-electron chi connectivity index (χ3n) is 6.30. The molecule has 1 aromatic heterocycles. The van der Waals surface area contributed by atoms with Crippen molar-refractivity contribution in [2.24, 2.45) is 10.9 Å². The summed E-state index contributed by atoms with van der Waals surface area (Å²) >= 11 is 0. The Bertz CT molecular complexity index is 1310. The van der Waals surface area contributed by atoms with Gasteiger partial charge in [-0.05, 0) is 54.3 Å². The molecule has 0 saturated carbocycles. The molecule has 0 spiro atoms. The molecule has 1 unspecified atom stereocenters. The van der Waals surface area contributed by atoms with Crippen LogP contribution in [-0.4, -0.2) is 33.9 Å². The van der Waals surface area contributed by atoms with Crippen LogP contribution < -0.4 is 10.2 Å². The second-order valence-electron chi connectivity index (χ2n) is 8.76. The predicted molar refractivity (Wildman–Crippen MR) is 127 cm³/mol. The average Bonchev–Trinajstić information content (AvgIpc) is 3.01. The molecule has 1 atom stereocenters. The molecule has 6 nitrogen and oxygen atoms in total. The fraction of sp³-hybridized carbons (Fsp3) is 0.333. The monoisotopic (exact) mass is 499 g/mol. The molecule has 2 heterocycles. The molecule has 0 fully saturated rings. The molecule has 0 aliphatic carbocycles. The third-order valence-corrected chi connectivity index (χ3v) is 6.30. The summed E-state index contributed by atoms with van der Waals surface area (Å²) in [6.45, 7) is 2.84. The Morgan fingerprint density at radius 3 is 2.69 bits per heavy atom. The van der Waals surface area contributed by atoms with E-state index in [1.807, 2.05) is 25.1 Å². The number of amides is 1. The molecular weight excluding hydrogens is 471 g/mol. The van der Waals surface area contributed by atoms with Crippen LogP contribution >= 0.6 is 0 Å². The lowest BCUT2D eigenvalue weighted by Gasteiger charge is -2.24. The fourth-order valence-corrected chi connectivity index (χ4v) is 4.28. The number of halogens is 3. The minimum atomic E-state index is -1.54. The van der Waals surface area contributed by atoms with E-state index in [9.17, 15) is 23.2 Å². The standard InChI is InChI=1S/C27H28F3N3O3/c1-2-18-14-19-7-9-22(36-13-5-11-31-24-6-3-4-12-33(24)35)15-21(19)17-32(27(18)34)16-20-8-10-23(28)26(30)25(20)29/h3-4,6-10,12,15,18,35H,2,5,11,13-14,16-17H2,1H3. The highest BCUT2D eigenvalue weighted by Gasteiger charge is 2.29. The van der Waals surface area contributed by atoms with Crippen molar-refractivity contribution in [2.45, 2.75) is 39.3 Å². The number of carbonyl (C=O) groups is 1. The van der Waals surface area contributed by atoms with Gasteiger partial charge >= 0.3 is 0 Å². The van der Waals surface area contributed by atoms with Gasteiger partial charge in [0.2, 0.25) is 5.91 Å². The van der Waals surface area contributed by atoms with Gasteiger partial charge in [-0.25, -0.2) is 13.2 Å². The lowest BCUT2D eigenvalue weighted by molar-refractivity contribution is -0.136. The second kappa shape index (κ2) is 11.3. The van der Waals surface area contributed by atoms with Gasteiger partial charge in [-0.1, -0.05) is 25.1 Å². The van der Waals surface area contributed by atoms with Gasteiger partial charge in [-0.2, -0.15) is 4.73 Å². The molecule has 1 amide bonds. The zero-order valence-corrected chi connectivity index (χ0v) is 20.0. The largest absolute Gasteiger partial charge is 0.494 e. The number of benzene rings is 2. The van der Waals surface area contributed by atoms with E-state index in [0.29, 0.717) is 43.7 Å². The molecule has 0 bridgehead atoms. The summed E-state index contributed by atoms with van der Waals surface area (Å²) in [5, 5.41) is 9.70. The van der Waals surface area contributed by atoms with E-state index in [4.69, 9.17) is 4.74 Å². The van der Waals surface area contributed by atoms with Gasteiger partial charge in [0.1, 0.15) is 5.75 Å². The Balaban J connectivity index is 1.46. The van der Waals surface area contributed by atoms with Crippen molar-refractivity contribution in [3.8, 4) is 5.75 Å². The van der Waals surface area contributed by atoms with Crippen LogP contribution in [0.2, 0.25) is 0 Å². The van der Waals surface area contributed by atoms with Crippen molar-refractivity contribution in [1.29, 1.82) is 0 Å². The highest BCUT2D eigenvalue weighted by molar-refractivity contribution is 5.80. The number of rotatable bonds is 8. The maximum atomic E-state index is 14.3. The number of fused-ring (bicyclic) bond motifs is 1. The van der Waals surface area contributed by atoms with Gasteiger partial charge < -0.3 is 14.8 Å². The molecule has 190 valence electrons. The lowest BCUT2D eigenvalue weighted by atomic mass is 9.95. The van der Waals surface area contributed by atoms with Gasteiger partial charge in [-0.15, -0.1) is 0 Å². The minimum Gasteiger partial charge on any atom is -0.494 e.